The molecule has 0 spiro atoms. The molecule has 2 aromatic heterocycles. The summed E-state index contributed by atoms with van der Waals surface area (Å²) >= 11 is 1.48. The molecule has 1 N–H and O–H groups in total. The minimum absolute atomic E-state index is 0.266. The summed E-state index contributed by atoms with van der Waals surface area (Å²) in [6.45, 7) is 2.06. The van der Waals surface area contributed by atoms with Gasteiger partial charge in [0, 0.05) is 16.5 Å². The molecule has 34 heavy (non-hydrogen) atoms. The minimum Gasteiger partial charge on any atom is -0.497 e. The van der Waals surface area contributed by atoms with Gasteiger partial charge in [-0.2, -0.15) is 4.98 Å². The van der Waals surface area contributed by atoms with Crippen molar-refractivity contribution in [2.45, 2.75) is 6.92 Å². The van der Waals surface area contributed by atoms with Crippen LogP contribution in [0.1, 0.15) is 16.7 Å². The maximum Gasteiger partial charge on any atom is 0.258 e. The molecule has 5 aromatic rings. The highest BCUT2D eigenvalue weighted by Crippen LogP contribution is 2.27. The highest BCUT2D eigenvalue weighted by atomic mass is 32.1. The van der Waals surface area contributed by atoms with Crippen LogP contribution >= 0.6 is 11.3 Å². The fourth-order valence-corrected chi connectivity index (χ4v) is 4.42. The van der Waals surface area contributed by atoms with E-state index in [1.54, 1.807) is 11.6 Å². The van der Waals surface area contributed by atoms with Crippen molar-refractivity contribution >= 4 is 39.8 Å². The lowest BCUT2D eigenvalue weighted by molar-refractivity contribution is -0.111. The number of methoxy groups -OCH3 is 1. The van der Waals surface area contributed by atoms with E-state index in [9.17, 15) is 4.79 Å². The van der Waals surface area contributed by atoms with Gasteiger partial charge in [0.1, 0.15) is 5.75 Å². The minimum atomic E-state index is -0.280. The molecule has 3 aromatic carbocycles. The second kappa shape index (κ2) is 9.33. The Morgan fingerprint density at radius 2 is 1.74 bits per heavy atom. The Bertz CT molecular complexity index is 1470. The molecule has 6 nitrogen and oxygen atoms in total. The zero-order valence-electron chi connectivity index (χ0n) is 18.7. The van der Waals surface area contributed by atoms with Crippen LogP contribution in [0.5, 0.6) is 5.75 Å². The lowest BCUT2D eigenvalue weighted by atomic mass is 10.0. The Morgan fingerprint density at radius 1 is 1.00 bits per heavy atom. The van der Waals surface area contributed by atoms with E-state index >= 15 is 0 Å². The highest BCUT2D eigenvalue weighted by Gasteiger charge is 2.17. The SMILES string of the molecule is COc1ccc(/C=C(/C(=O)Nc2nc3scc(-c4ccc(C)cc4)n3n2)c2ccccc2)cc1. The number of rotatable bonds is 6. The molecule has 0 bridgehead atoms. The lowest BCUT2D eigenvalue weighted by Gasteiger charge is -2.08. The summed E-state index contributed by atoms with van der Waals surface area (Å²) in [6, 6.07) is 25.3. The second-order valence-electron chi connectivity index (χ2n) is 7.77. The number of nitrogens with zero attached hydrogens (tertiary/aromatic N) is 3. The van der Waals surface area contributed by atoms with E-state index in [0.29, 0.717) is 10.5 Å². The van der Waals surface area contributed by atoms with Gasteiger partial charge in [-0.15, -0.1) is 16.4 Å². The second-order valence-corrected chi connectivity index (χ2v) is 8.60. The molecule has 0 aliphatic heterocycles. The molecule has 0 unspecified atom stereocenters. The van der Waals surface area contributed by atoms with E-state index in [4.69, 9.17) is 4.74 Å². The van der Waals surface area contributed by atoms with Crippen molar-refractivity contribution in [1.82, 2.24) is 14.6 Å². The number of amides is 1. The molecular formula is C27H22N4O2S. The van der Waals surface area contributed by atoms with E-state index < -0.39 is 0 Å². The van der Waals surface area contributed by atoms with Crippen molar-refractivity contribution in [2.24, 2.45) is 0 Å². The smallest absolute Gasteiger partial charge is 0.258 e. The van der Waals surface area contributed by atoms with E-state index in [2.05, 4.69) is 46.6 Å². The third-order valence-electron chi connectivity index (χ3n) is 5.41. The van der Waals surface area contributed by atoms with Crippen molar-refractivity contribution in [3.63, 3.8) is 0 Å². The number of fused-ring (bicyclic) bond motifs is 1. The van der Waals surface area contributed by atoms with Gasteiger partial charge in [0.15, 0.2) is 0 Å². The molecule has 7 heteroatoms. The zero-order valence-corrected chi connectivity index (χ0v) is 19.5. The number of ether oxygens (including phenoxy) is 1. The number of benzene rings is 3. The van der Waals surface area contributed by atoms with Crippen LogP contribution in [0, 0.1) is 6.92 Å². The molecule has 0 aliphatic carbocycles. The Balaban J connectivity index is 1.46. The first-order valence-electron chi connectivity index (χ1n) is 10.7. The van der Waals surface area contributed by atoms with E-state index in [1.807, 2.05) is 66.1 Å². The average molecular weight is 467 g/mol. The average Bonchev–Trinajstić information content (AvgIpc) is 3.44. The Labute approximate surface area is 201 Å². The Kier molecular flexibility index (Phi) is 5.93. The van der Waals surface area contributed by atoms with Gasteiger partial charge in [-0.3, -0.25) is 10.1 Å². The fourth-order valence-electron chi connectivity index (χ4n) is 3.59. The third kappa shape index (κ3) is 4.46. The number of hydrogen-bond acceptors (Lipinski definition) is 5. The van der Waals surface area contributed by atoms with Crippen LogP contribution in [0.2, 0.25) is 0 Å². The number of aromatic nitrogens is 3. The largest absolute Gasteiger partial charge is 0.497 e. The summed E-state index contributed by atoms with van der Waals surface area (Å²) in [5.74, 6) is 0.744. The number of nitrogens with one attached hydrogen (secondary N) is 1. The van der Waals surface area contributed by atoms with Crippen LogP contribution in [-0.4, -0.2) is 27.6 Å². The summed E-state index contributed by atoms with van der Waals surface area (Å²) in [7, 11) is 1.63. The van der Waals surface area contributed by atoms with Crippen molar-refractivity contribution in [3.8, 4) is 17.0 Å². The highest BCUT2D eigenvalue weighted by molar-refractivity contribution is 7.15. The number of aryl methyl sites for hydroxylation is 1. The normalized spacial score (nSPS) is 11.5. The van der Waals surface area contributed by atoms with Crippen molar-refractivity contribution in [1.29, 1.82) is 0 Å². The van der Waals surface area contributed by atoms with Crippen LogP contribution in [0.15, 0.2) is 84.2 Å². The van der Waals surface area contributed by atoms with Crippen LogP contribution < -0.4 is 10.1 Å². The van der Waals surface area contributed by atoms with Gasteiger partial charge >= 0.3 is 0 Å². The predicted octanol–water partition coefficient (Wildman–Crippen LogP) is 5.95. The molecular weight excluding hydrogens is 444 g/mol. The fraction of sp³-hybridized carbons (Fsp3) is 0.0741. The van der Waals surface area contributed by atoms with Gasteiger partial charge < -0.3 is 4.74 Å². The molecule has 0 fully saturated rings. The maximum atomic E-state index is 13.3. The van der Waals surface area contributed by atoms with Gasteiger partial charge in [0.25, 0.3) is 11.9 Å². The molecule has 1 amide bonds. The standard InChI is InChI=1S/C27H22N4O2S/c1-18-8-12-21(13-9-18)24-17-34-27-29-26(30-31(24)27)28-25(32)23(20-6-4-3-5-7-20)16-19-10-14-22(33-2)15-11-19/h3-17H,1-2H3,(H,28,30,32)/b23-16+. The molecule has 0 atom stereocenters. The van der Waals surface area contributed by atoms with Crippen LogP contribution in [0.4, 0.5) is 5.95 Å². The molecule has 0 aliphatic rings. The molecule has 168 valence electrons. The summed E-state index contributed by atoms with van der Waals surface area (Å²) in [6.07, 6.45) is 1.85. The van der Waals surface area contributed by atoms with Crippen molar-refractivity contribution in [3.05, 3.63) is 101 Å². The Hall–Kier alpha value is -4.23. The lowest BCUT2D eigenvalue weighted by Crippen LogP contribution is -2.15. The van der Waals surface area contributed by atoms with Gasteiger partial charge in [-0.05, 0) is 36.3 Å². The number of hydrogen-bond donors (Lipinski definition) is 1. The molecule has 0 saturated carbocycles. The molecule has 2 heterocycles. The van der Waals surface area contributed by atoms with Gasteiger partial charge in [0.2, 0.25) is 4.96 Å². The maximum absolute atomic E-state index is 13.3. The molecule has 0 saturated heterocycles. The summed E-state index contributed by atoms with van der Waals surface area (Å²) in [5.41, 5.74) is 5.38. The molecule has 0 radical (unpaired) electrons. The Morgan fingerprint density at radius 3 is 2.44 bits per heavy atom. The van der Waals surface area contributed by atoms with Crippen molar-refractivity contribution in [2.75, 3.05) is 12.4 Å². The summed E-state index contributed by atoms with van der Waals surface area (Å²) in [4.78, 5) is 18.6. The third-order valence-corrected chi connectivity index (χ3v) is 6.23. The first-order valence-corrected chi connectivity index (χ1v) is 11.6. The number of thiazole rings is 1. The van der Waals surface area contributed by atoms with Crippen LogP contribution in [0.25, 0.3) is 27.9 Å². The van der Waals surface area contributed by atoms with Gasteiger partial charge in [0.05, 0.1) is 12.8 Å². The monoisotopic (exact) mass is 466 g/mol. The van der Waals surface area contributed by atoms with E-state index in [-0.39, 0.29) is 11.9 Å². The van der Waals surface area contributed by atoms with Crippen LogP contribution in [0.3, 0.4) is 0 Å². The number of anilines is 1. The first-order chi connectivity index (χ1) is 16.6. The van der Waals surface area contributed by atoms with E-state index in [1.165, 1.54) is 16.9 Å². The molecule has 5 rings (SSSR count). The predicted molar refractivity (Wildman–Crippen MR) is 137 cm³/mol. The van der Waals surface area contributed by atoms with Gasteiger partial charge in [-0.1, -0.05) is 72.3 Å². The van der Waals surface area contributed by atoms with Crippen LogP contribution in [-0.2, 0) is 4.79 Å². The summed E-state index contributed by atoms with van der Waals surface area (Å²) in [5, 5.41) is 9.45. The van der Waals surface area contributed by atoms with Crippen molar-refractivity contribution < 1.29 is 9.53 Å². The quantitative estimate of drug-likeness (QED) is 0.248. The first kappa shape index (κ1) is 21.6. The zero-order chi connectivity index (χ0) is 23.5. The van der Waals surface area contributed by atoms with E-state index in [0.717, 1.165) is 28.1 Å². The number of carbonyl (C=O) groups excluding carboxylic acids is 1. The number of carbonyl (C=O) groups is 1. The summed E-state index contributed by atoms with van der Waals surface area (Å²) < 4.78 is 7.00. The van der Waals surface area contributed by atoms with Gasteiger partial charge in [-0.25, -0.2) is 4.52 Å². The topological polar surface area (TPSA) is 68.5 Å².